The zero-order valence-corrected chi connectivity index (χ0v) is 11.8. The average Bonchev–Trinajstić information content (AvgIpc) is 2.30. The van der Waals surface area contributed by atoms with Gasteiger partial charge in [0.05, 0.1) is 15.8 Å². The molecular weight excluding hydrogens is 295 g/mol. The van der Waals surface area contributed by atoms with Crippen molar-refractivity contribution >= 4 is 33.0 Å². The number of benzene rings is 2. The molecule has 2 aromatic carbocycles. The monoisotopic (exact) mass is 308 g/mol. The van der Waals surface area contributed by atoms with E-state index in [-0.39, 0.29) is 5.82 Å². The highest BCUT2D eigenvalue weighted by Gasteiger charge is 2.08. The summed E-state index contributed by atoms with van der Waals surface area (Å²) < 4.78 is 13.8. The van der Waals surface area contributed by atoms with Crippen LogP contribution in [0.5, 0.6) is 0 Å². The predicted octanol–water partition coefficient (Wildman–Crippen LogP) is 4.53. The van der Waals surface area contributed by atoms with Gasteiger partial charge in [-0.15, -0.1) is 0 Å². The second-order valence-corrected chi connectivity index (χ2v) is 5.10. The first-order valence-electron chi connectivity index (χ1n) is 5.57. The van der Waals surface area contributed by atoms with E-state index in [2.05, 4.69) is 21.2 Å². The first-order valence-corrected chi connectivity index (χ1v) is 6.36. The van der Waals surface area contributed by atoms with Crippen LogP contribution < -0.4 is 11.1 Å². The van der Waals surface area contributed by atoms with Crippen LogP contribution in [0.25, 0.3) is 0 Å². The van der Waals surface area contributed by atoms with E-state index < -0.39 is 0 Å². The quantitative estimate of drug-likeness (QED) is 0.800. The van der Waals surface area contributed by atoms with E-state index in [9.17, 15) is 4.39 Å². The molecule has 3 N–H and O–H groups in total. The Balaban J connectivity index is 2.43. The van der Waals surface area contributed by atoms with Crippen molar-refractivity contribution in [2.45, 2.75) is 13.8 Å². The normalized spacial score (nSPS) is 10.4. The number of nitrogens with one attached hydrogen (secondary N) is 1. The molecule has 0 fully saturated rings. The summed E-state index contributed by atoms with van der Waals surface area (Å²) in [6, 6.07) is 8.93. The van der Waals surface area contributed by atoms with Gasteiger partial charge in [-0.3, -0.25) is 0 Å². The highest BCUT2D eigenvalue weighted by molar-refractivity contribution is 9.10. The maximum atomic E-state index is 13.4. The molecule has 4 heteroatoms. The van der Waals surface area contributed by atoms with Gasteiger partial charge >= 0.3 is 0 Å². The van der Waals surface area contributed by atoms with Crippen LogP contribution in [0.2, 0.25) is 0 Å². The zero-order chi connectivity index (χ0) is 13.3. The molecule has 2 rings (SSSR count). The Labute approximate surface area is 114 Å². The van der Waals surface area contributed by atoms with Crippen LogP contribution in [0.3, 0.4) is 0 Å². The van der Waals surface area contributed by atoms with Crippen molar-refractivity contribution in [1.29, 1.82) is 0 Å². The molecule has 0 saturated heterocycles. The number of nitrogens with two attached hydrogens (primary N) is 1. The number of halogens is 2. The van der Waals surface area contributed by atoms with Crippen molar-refractivity contribution in [3.63, 3.8) is 0 Å². The molecule has 94 valence electrons. The van der Waals surface area contributed by atoms with Crippen LogP contribution in [-0.2, 0) is 0 Å². The summed E-state index contributed by atoms with van der Waals surface area (Å²) >= 11 is 3.18. The number of nitrogen functional groups attached to an aromatic ring is 1. The lowest BCUT2D eigenvalue weighted by atomic mass is 10.1. The topological polar surface area (TPSA) is 38.0 Å². The molecule has 0 heterocycles. The summed E-state index contributed by atoms with van der Waals surface area (Å²) in [6.07, 6.45) is 0. The highest BCUT2D eigenvalue weighted by Crippen LogP contribution is 2.31. The van der Waals surface area contributed by atoms with Gasteiger partial charge in [0.1, 0.15) is 5.82 Å². The van der Waals surface area contributed by atoms with Crippen LogP contribution in [0.15, 0.2) is 34.8 Å². The van der Waals surface area contributed by atoms with E-state index in [1.165, 1.54) is 6.07 Å². The third-order valence-corrected chi connectivity index (χ3v) is 3.44. The van der Waals surface area contributed by atoms with Crippen molar-refractivity contribution in [2.24, 2.45) is 0 Å². The van der Waals surface area contributed by atoms with Gasteiger partial charge in [0.25, 0.3) is 0 Å². The second-order valence-electron chi connectivity index (χ2n) is 4.25. The van der Waals surface area contributed by atoms with Crippen LogP contribution >= 0.6 is 15.9 Å². The van der Waals surface area contributed by atoms with Gasteiger partial charge in [0.15, 0.2) is 0 Å². The molecule has 0 radical (unpaired) electrons. The molecule has 0 atom stereocenters. The standard InChI is InChI=1S/C14H14BrFN2/c1-8-4-3-5-12(17)14(8)18-13-7-10(15)11(16)6-9(13)2/h3-7,18H,17H2,1-2H3. The molecule has 0 unspecified atom stereocenters. The van der Waals surface area contributed by atoms with Crippen molar-refractivity contribution < 1.29 is 4.39 Å². The molecule has 2 aromatic rings. The molecule has 0 amide bonds. The highest BCUT2D eigenvalue weighted by atomic mass is 79.9. The fourth-order valence-corrected chi connectivity index (χ4v) is 2.12. The minimum atomic E-state index is -0.268. The number of para-hydroxylation sites is 1. The number of hydrogen-bond donors (Lipinski definition) is 2. The van der Waals surface area contributed by atoms with E-state index in [0.717, 1.165) is 22.5 Å². The van der Waals surface area contributed by atoms with Crippen LogP contribution in [0, 0.1) is 19.7 Å². The third-order valence-electron chi connectivity index (χ3n) is 2.83. The molecule has 0 aliphatic rings. The first kappa shape index (κ1) is 12.9. The molecule has 0 spiro atoms. The van der Waals surface area contributed by atoms with Gasteiger partial charge in [-0.1, -0.05) is 12.1 Å². The predicted molar refractivity (Wildman–Crippen MR) is 77.7 cm³/mol. The molecule has 0 aliphatic heterocycles. The Morgan fingerprint density at radius 2 is 1.89 bits per heavy atom. The van der Waals surface area contributed by atoms with E-state index in [0.29, 0.717) is 10.2 Å². The Bertz CT molecular complexity index is 576. The second kappa shape index (κ2) is 4.98. The molecule has 0 aromatic heterocycles. The minimum absolute atomic E-state index is 0.268. The van der Waals surface area contributed by atoms with E-state index in [1.54, 1.807) is 6.07 Å². The van der Waals surface area contributed by atoms with Crippen molar-refractivity contribution in [2.75, 3.05) is 11.1 Å². The Kier molecular flexibility index (Phi) is 3.57. The van der Waals surface area contributed by atoms with Gasteiger partial charge in [-0.05, 0) is 59.1 Å². The third kappa shape index (κ3) is 2.48. The maximum absolute atomic E-state index is 13.4. The zero-order valence-electron chi connectivity index (χ0n) is 10.2. The molecule has 0 bridgehead atoms. The summed E-state index contributed by atoms with van der Waals surface area (Å²) in [5.74, 6) is -0.268. The molecule has 18 heavy (non-hydrogen) atoms. The van der Waals surface area contributed by atoms with Crippen molar-refractivity contribution in [3.05, 3.63) is 51.7 Å². The SMILES string of the molecule is Cc1cc(F)c(Br)cc1Nc1c(C)cccc1N. The lowest BCUT2D eigenvalue weighted by molar-refractivity contribution is 0.620. The largest absolute Gasteiger partial charge is 0.397 e. The smallest absolute Gasteiger partial charge is 0.137 e. The Hall–Kier alpha value is -1.55. The molecule has 0 saturated carbocycles. The Morgan fingerprint density at radius 3 is 2.56 bits per heavy atom. The average molecular weight is 309 g/mol. The van der Waals surface area contributed by atoms with Crippen molar-refractivity contribution in [1.82, 2.24) is 0 Å². The van der Waals surface area contributed by atoms with Crippen LogP contribution in [-0.4, -0.2) is 0 Å². The van der Waals surface area contributed by atoms with Gasteiger partial charge in [0, 0.05) is 5.69 Å². The first-order chi connectivity index (χ1) is 8.49. The van der Waals surface area contributed by atoms with E-state index in [4.69, 9.17) is 5.73 Å². The minimum Gasteiger partial charge on any atom is -0.397 e. The molecular formula is C14H14BrFN2. The van der Waals surface area contributed by atoms with Crippen LogP contribution in [0.1, 0.15) is 11.1 Å². The Morgan fingerprint density at radius 1 is 1.17 bits per heavy atom. The summed E-state index contributed by atoms with van der Waals surface area (Å²) in [5.41, 5.74) is 10.2. The number of hydrogen-bond acceptors (Lipinski definition) is 2. The summed E-state index contributed by atoms with van der Waals surface area (Å²) in [4.78, 5) is 0. The lowest BCUT2D eigenvalue weighted by Gasteiger charge is -2.14. The number of aryl methyl sites for hydroxylation is 2. The van der Waals surface area contributed by atoms with Crippen molar-refractivity contribution in [3.8, 4) is 0 Å². The molecule has 2 nitrogen and oxygen atoms in total. The van der Waals surface area contributed by atoms with Gasteiger partial charge in [-0.2, -0.15) is 0 Å². The summed E-state index contributed by atoms with van der Waals surface area (Å²) in [5, 5.41) is 3.26. The van der Waals surface area contributed by atoms with Gasteiger partial charge in [-0.25, -0.2) is 4.39 Å². The lowest BCUT2D eigenvalue weighted by Crippen LogP contribution is -2.00. The van der Waals surface area contributed by atoms with Crippen LogP contribution in [0.4, 0.5) is 21.5 Å². The van der Waals surface area contributed by atoms with E-state index >= 15 is 0 Å². The summed E-state index contributed by atoms with van der Waals surface area (Å²) in [6.45, 7) is 3.83. The van der Waals surface area contributed by atoms with Gasteiger partial charge in [0.2, 0.25) is 0 Å². The fraction of sp³-hybridized carbons (Fsp3) is 0.143. The summed E-state index contributed by atoms with van der Waals surface area (Å²) in [7, 11) is 0. The maximum Gasteiger partial charge on any atom is 0.137 e. The number of rotatable bonds is 2. The van der Waals surface area contributed by atoms with E-state index in [1.807, 2.05) is 32.0 Å². The fourth-order valence-electron chi connectivity index (χ4n) is 1.78. The number of anilines is 3. The molecule has 0 aliphatic carbocycles. The van der Waals surface area contributed by atoms with Gasteiger partial charge < -0.3 is 11.1 Å².